The normalized spacial score (nSPS) is 10.2. The number of anilines is 1. The second-order valence-corrected chi connectivity index (χ2v) is 6.50. The SMILES string of the molecule is CCCCCOc1ccc(NC(=S)NC(=O)c2cccc(CCl)c2)cc1. The van der Waals surface area contributed by atoms with Gasteiger partial charge in [-0.15, -0.1) is 11.6 Å². The van der Waals surface area contributed by atoms with E-state index in [1.54, 1.807) is 18.2 Å². The summed E-state index contributed by atoms with van der Waals surface area (Å²) in [7, 11) is 0. The van der Waals surface area contributed by atoms with Gasteiger partial charge < -0.3 is 10.1 Å². The number of ether oxygens (including phenoxy) is 1. The van der Waals surface area contributed by atoms with Crippen LogP contribution in [0.4, 0.5) is 5.69 Å². The fourth-order valence-electron chi connectivity index (χ4n) is 2.31. The zero-order chi connectivity index (χ0) is 18.8. The van der Waals surface area contributed by atoms with E-state index in [0.717, 1.165) is 30.0 Å². The molecule has 138 valence electrons. The van der Waals surface area contributed by atoms with Crippen LogP contribution in [-0.2, 0) is 5.88 Å². The van der Waals surface area contributed by atoms with Crippen LogP contribution in [0, 0.1) is 0 Å². The monoisotopic (exact) mass is 390 g/mol. The molecule has 0 bridgehead atoms. The Bertz CT molecular complexity index is 735. The second-order valence-electron chi connectivity index (χ2n) is 5.82. The lowest BCUT2D eigenvalue weighted by atomic mass is 10.1. The number of nitrogens with one attached hydrogen (secondary N) is 2. The summed E-state index contributed by atoms with van der Waals surface area (Å²) in [6.07, 6.45) is 3.39. The van der Waals surface area contributed by atoms with Gasteiger partial charge >= 0.3 is 0 Å². The third kappa shape index (κ3) is 6.65. The topological polar surface area (TPSA) is 50.4 Å². The van der Waals surface area contributed by atoms with Gasteiger partial charge in [0, 0.05) is 17.1 Å². The van der Waals surface area contributed by atoms with Crippen LogP contribution >= 0.6 is 23.8 Å². The number of benzene rings is 2. The van der Waals surface area contributed by atoms with Crippen LogP contribution in [0.1, 0.15) is 42.1 Å². The largest absolute Gasteiger partial charge is 0.494 e. The molecular formula is C20H23ClN2O2S. The maximum absolute atomic E-state index is 12.2. The average molecular weight is 391 g/mol. The minimum Gasteiger partial charge on any atom is -0.494 e. The van der Waals surface area contributed by atoms with Gasteiger partial charge in [-0.3, -0.25) is 10.1 Å². The van der Waals surface area contributed by atoms with Crippen molar-refractivity contribution in [2.45, 2.75) is 32.1 Å². The summed E-state index contributed by atoms with van der Waals surface area (Å²) < 4.78 is 5.67. The molecule has 0 radical (unpaired) electrons. The zero-order valence-corrected chi connectivity index (χ0v) is 16.3. The lowest BCUT2D eigenvalue weighted by molar-refractivity contribution is 0.0977. The first-order chi connectivity index (χ1) is 12.6. The molecule has 0 aliphatic carbocycles. The van der Waals surface area contributed by atoms with Crippen molar-refractivity contribution >= 4 is 40.5 Å². The van der Waals surface area contributed by atoms with Crippen LogP contribution in [-0.4, -0.2) is 17.6 Å². The molecule has 2 rings (SSSR count). The first kappa shape index (κ1) is 20.2. The molecule has 2 N–H and O–H groups in total. The summed E-state index contributed by atoms with van der Waals surface area (Å²) >= 11 is 11.0. The Hall–Kier alpha value is -2.11. The fourth-order valence-corrected chi connectivity index (χ4v) is 2.69. The highest BCUT2D eigenvalue weighted by Gasteiger charge is 2.08. The Morgan fingerprint density at radius 3 is 2.62 bits per heavy atom. The van der Waals surface area contributed by atoms with E-state index in [-0.39, 0.29) is 11.0 Å². The van der Waals surface area contributed by atoms with Gasteiger partial charge in [-0.05, 0) is 60.6 Å². The van der Waals surface area contributed by atoms with Gasteiger partial charge in [0.15, 0.2) is 5.11 Å². The van der Waals surface area contributed by atoms with Crippen LogP contribution in [0.5, 0.6) is 5.75 Å². The molecule has 0 spiro atoms. The number of carbonyl (C=O) groups is 1. The molecule has 2 aromatic carbocycles. The molecule has 0 saturated carbocycles. The van der Waals surface area contributed by atoms with Gasteiger partial charge in [-0.1, -0.05) is 31.9 Å². The van der Waals surface area contributed by atoms with Crippen LogP contribution in [0.2, 0.25) is 0 Å². The van der Waals surface area contributed by atoms with E-state index in [1.807, 2.05) is 30.3 Å². The van der Waals surface area contributed by atoms with Crippen LogP contribution in [0.25, 0.3) is 0 Å². The van der Waals surface area contributed by atoms with E-state index in [4.69, 9.17) is 28.6 Å². The van der Waals surface area contributed by atoms with Crippen molar-refractivity contribution in [1.29, 1.82) is 0 Å². The van der Waals surface area contributed by atoms with Crippen molar-refractivity contribution < 1.29 is 9.53 Å². The highest BCUT2D eigenvalue weighted by Crippen LogP contribution is 2.16. The Balaban J connectivity index is 1.84. The molecule has 2 aromatic rings. The molecule has 0 atom stereocenters. The molecule has 0 aliphatic heterocycles. The number of carbonyl (C=O) groups excluding carboxylic acids is 1. The Morgan fingerprint density at radius 1 is 1.15 bits per heavy atom. The van der Waals surface area contributed by atoms with Crippen LogP contribution in [0.3, 0.4) is 0 Å². The van der Waals surface area contributed by atoms with Crippen LogP contribution < -0.4 is 15.4 Å². The van der Waals surface area contributed by atoms with E-state index >= 15 is 0 Å². The van der Waals surface area contributed by atoms with E-state index < -0.39 is 0 Å². The standard InChI is InChI=1S/C20H23ClN2O2S/c1-2-3-4-12-25-18-10-8-17(9-11-18)22-20(26)23-19(24)16-7-5-6-15(13-16)14-21/h5-11,13H,2-4,12,14H2,1H3,(H2,22,23,24,26). The van der Waals surface area contributed by atoms with E-state index in [2.05, 4.69) is 17.6 Å². The van der Waals surface area contributed by atoms with Gasteiger partial charge in [0.1, 0.15) is 5.75 Å². The number of amides is 1. The number of unbranched alkanes of at least 4 members (excludes halogenated alkanes) is 2. The lowest BCUT2D eigenvalue weighted by Gasteiger charge is -2.11. The Kier molecular flexibility index (Phi) is 8.38. The molecule has 0 aromatic heterocycles. The van der Waals surface area contributed by atoms with Crippen LogP contribution in [0.15, 0.2) is 48.5 Å². The van der Waals surface area contributed by atoms with Gasteiger partial charge in [0.05, 0.1) is 6.61 Å². The summed E-state index contributed by atoms with van der Waals surface area (Å²) in [4.78, 5) is 12.2. The number of rotatable bonds is 8. The molecule has 0 fully saturated rings. The highest BCUT2D eigenvalue weighted by atomic mass is 35.5. The molecule has 0 aliphatic rings. The summed E-state index contributed by atoms with van der Waals surface area (Å²) in [6, 6.07) is 14.6. The molecule has 0 heterocycles. The smallest absolute Gasteiger partial charge is 0.257 e. The predicted octanol–water partition coefficient (Wildman–Crippen LogP) is 5.12. The molecular weight excluding hydrogens is 368 g/mol. The van der Waals surface area contributed by atoms with Crippen molar-refractivity contribution in [3.63, 3.8) is 0 Å². The Morgan fingerprint density at radius 2 is 1.92 bits per heavy atom. The zero-order valence-electron chi connectivity index (χ0n) is 14.8. The number of hydrogen-bond donors (Lipinski definition) is 2. The third-order valence-electron chi connectivity index (χ3n) is 3.70. The van der Waals surface area contributed by atoms with Crippen molar-refractivity contribution in [3.05, 3.63) is 59.7 Å². The van der Waals surface area contributed by atoms with E-state index in [1.165, 1.54) is 12.8 Å². The summed E-state index contributed by atoms with van der Waals surface area (Å²) in [6.45, 7) is 2.88. The minimum atomic E-state index is -0.273. The molecule has 1 amide bonds. The van der Waals surface area contributed by atoms with Gasteiger partial charge in [0.2, 0.25) is 0 Å². The van der Waals surface area contributed by atoms with Gasteiger partial charge in [-0.2, -0.15) is 0 Å². The quantitative estimate of drug-likeness (QED) is 0.373. The first-order valence-corrected chi connectivity index (χ1v) is 9.56. The number of thiocarbonyl (C=S) groups is 1. The first-order valence-electron chi connectivity index (χ1n) is 8.62. The number of halogens is 1. The third-order valence-corrected chi connectivity index (χ3v) is 4.21. The van der Waals surface area contributed by atoms with Gasteiger partial charge in [0.25, 0.3) is 5.91 Å². The van der Waals surface area contributed by atoms with E-state index in [9.17, 15) is 4.79 Å². The second kappa shape index (κ2) is 10.8. The molecule has 0 unspecified atom stereocenters. The highest BCUT2D eigenvalue weighted by molar-refractivity contribution is 7.80. The lowest BCUT2D eigenvalue weighted by Crippen LogP contribution is -2.34. The van der Waals surface area contributed by atoms with Crippen molar-refractivity contribution in [3.8, 4) is 5.75 Å². The van der Waals surface area contributed by atoms with Crippen molar-refractivity contribution in [2.75, 3.05) is 11.9 Å². The number of hydrogen-bond acceptors (Lipinski definition) is 3. The summed E-state index contributed by atoms with van der Waals surface area (Å²) in [5.74, 6) is 0.904. The fraction of sp³-hybridized carbons (Fsp3) is 0.300. The van der Waals surface area contributed by atoms with Crippen molar-refractivity contribution in [2.24, 2.45) is 0 Å². The molecule has 4 nitrogen and oxygen atoms in total. The maximum Gasteiger partial charge on any atom is 0.257 e. The molecule has 6 heteroatoms. The molecule has 26 heavy (non-hydrogen) atoms. The van der Waals surface area contributed by atoms with Gasteiger partial charge in [-0.25, -0.2) is 0 Å². The Labute approximate surface area is 164 Å². The van der Waals surface area contributed by atoms with E-state index in [0.29, 0.717) is 11.4 Å². The predicted molar refractivity (Wildman–Crippen MR) is 111 cm³/mol. The molecule has 0 saturated heterocycles. The summed E-state index contributed by atoms with van der Waals surface area (Å²) in [5.41, 5.74) is 2.18. The maximum atomic E-state index is 12.2. The number of alkyl halides is 1. The summed E-state index contributed by atoms with van der Waals surface area (Å²) in [5, 5.41) is 5.90. The van der Waals surface area contributed by atoms with Crippen molar-refractivity contribution in [1.82, 2.24) is 5.32 Å². The minimum absolute atomic E-state index is 0.239. The average Bonchev–Trinajstić information content (AvgIpc) is 2.66.